The Kier molecular flexibility index (Phi) is 4.93. The lowest BCUT2D eigenvalue weighted by Gasteiger charge is -2.08. The van der Waals surface area contributed by atoms with Crippen LogP contribution < -0.4 is 0 Å². The number of aliphatic carboxylic acids is 1. The maximum Gasteiger partial charge on any atom is 0.328 e. The number of halogens is 1. The number of aromatic nitrogens is 3. The van der Waals surface area contributed by atoms with Gasteiger partial charge in [-0.25, -0.2) is 18.9 Å². The Bertz CT molecular complexity index is 945. The second kappa shape index (κ2) is 7.31. The molecule has 5 nitrogen and oxygen atoms in total. The molecule has 0 unspecified atom stereocenters. The summed E-state index contributed by atoms with van der Waals surface area (Å²) in [4.78, 5) is 15.4. The van der Waals surface area contributed by atoms with Crippen molar-refractivity contribution in [3.8, 4) is 17.1 Å². The van der Waals surface area contributed by atoms with Gasteiger partial charge < -0.3 is 5.11 Å². The molecule has 3 aromatic rings. The van der Waals surface area contributed by atoms with Crippen LogP contribution >= 0.6 is 0 Å². The van der Waals surface area contributed by atoms with Crippen molar-refractivity contribution < 1.29 is 14.3 Å². The lowest BCUT2D eigenvalue weighted by Crippen LogP contribution is -2.02. The minimum absolute atomic E-state index is 0.0626. The van der Waals surface area contributed by atoms with Crippen LogP contribution in [-0.2, 0) is 4.79 Å². The van der Waals surface area contributed by atoms with Crippen molar-refractivity contribution in [1.82, 2.24) is 14.8 Å². The van der Waals surface area contributed by atoms with E-state index in [1.165, 1.54) is 18.2 Å². The highest BCUT2D eigenvalue weighted by Gasteiger charge is 2.21. The van der Waals surface area contributed by atoms with Crippen molar-refractivity contribution in [2.45, 2.75) is 19.8 Å². The predicted octanol–water partition coefficient (Wildman–Crippen LogP) is 4.29. The quantitative estimate of drug-likeness (QED) is 0.696. The fourth-order valence-corrected chi connectivity index (χ4v) is 2.72. The van der Waals surface area contributed by atoms with E-state index >= 15 is 0 Å². The van der Waals surface area contributed by atoms with Crippen LogP contribution in [0.15, 0.2) is 54.7 Å². The van der Waals surface area contributed by atoms with Gasteiger partial charge in [-0.1, -0.05) is 19.9 Å². The van der Waals surface area contributed by atoms with E-state index in [2.05, 4.69) is 10.1 Å². The number of carboxylic acids is 1. The van der Waals surface area contributed by atoms with Crippen molar-refractivity contribution >= 4 is 12.0 Å². The normalized spacial score (nSPS) is 11.4. The number of hydrogen-bond acceptors (Lipinski definition) is 3. The smallest absolute Gasteiger partial charge is 0.328 e. The fraction of sp³-hybridized carbons (Fsp3) is 0.150. The fourth-order valence-electron chi connectivity index (χ4n) is 2.72. The van der Waals surface area contributed by atoms with Crippen molar-refractivity contribution in [3.63, 3.8) is 0 Å². The lowest BCUT2D eigenvalue weighted by atomic mass is 9.99. The first kappa shape index (κ1) is 17.5. The van der Waals surface area contributed by atoms with Crippen LogP contribution in [-0.4, -0.2) is 25.8 Å². The third kappa shape index (κ3) is 3.54. The van der Waals surface area contributed by atoms with Gasteiger partial charge in [0.1, 0.15) is 5.82 Å². The largest absolute Gasteiger partial charge is 0.478 e. The number of carbonyl (C=O) groups is 1. The number of hydrogen-bond donors (Lipinski definition) is 1. The second-order valence-electron chi connectivity index (χ2n) is 6.08. The Morgan fingerprint density at radius 1 is 1.19 bits per heavy atom. The van der Waals surface area contributed by atoms with E-state index in [-0.39, 0.29) is 11.7 Å². The van der Waals surface area contributed by atoms with Gasteiger partial charge in [-0.05, 0) is 48.4 Å². The van der Waals surface area contributed by atoms with E-state index in [1.807, 2.05) is 26.0 Å². The Morgan fingerprint density at radius 2 is 1.92 bits per heavy atom. The summed E-state index contributed by atoms with van der Waals surface area (Å²) in [7, 11) is 0. The maximum atomic E-state index is 13.4. The highest BCUT2D eigenvalue weighted by molar-refractivity contribution is 5.88. The first-order valence-electron chi connectivity index (χ1n) is 8.18. The molecule has 0 saturated heterocycles. The molecule has 0 aliphatic rings. The van der Waals surface area contributed by atoms with Crippen LogP contribution in [0.1, 0.15) is 31.0 Å². The average Bonchev–Trinajstić information content (AvgIpc) is 3.01. The average molecular weight is 351 g/mol. The molecular weight excluding hydrogens is 333 g/mol. The Labute approximate surface area is 150 Å². The molecule has 132 valence electrons. The molecule has 26 heavy (non-hydrogen) atoms. The van der Waals surface area contributed by atoms with E-state index in [9.17, 15) is 9.18 Å². The van der Waals surface area contributed by atoms with Gasteiger partial charge in [-0.3, -0.25) is 0 Å². The molecule has 1 N–H and O–H groups in total. The zero-order valence-corrected chi connectivity index (χ0v) is 14.4. The van der Waals surface area contributed by atoms with Crippen LogP contribution in [0, 0.1) is 5.82 Å². The molecule has 3 rings (SSSR count). The minimum Gasteiger partial charge on any atom is -0.478 e. The molecule has 0 atom stereocenters. The standard InChI is InChI=1S/C20H18FN3O2/c1-13(2)19-16(10-11-18(25)26)20(14-6-8-15(21)9-7-14)24(23-19)17-5-3-4-12-22-17/h3-13H,1-2H3,(H,25,26). The van der Waals surface area contributed by atoms with E-state index < -0.39 is 5.97 Å². The van der Waals surface area contributed by atoms with Crippen molar-refractivity contribution in [1.29, 1.82) is 0 Å². The number of pyridine rings is 1. The van der Waals surface area contributed by atoms with E-state index in [4.69, 9.17) is 5.11 Å². The summed E-state index contributed by atoms with van der Waals surface area (Å²) < 4.78 is 15.1. The first-order chi connectivity index (χ1) is 12.5. The minimum atomic E-state index is -1.05. The highest BCUT2D eigenvalue weighted by Crippen LogP contribution is 2.33. The molecule has 0 spiro atoms. The molecule has 0 amide bonds. The van der Waals surface area contributed by atoms with Gasteiger partial charge in [0, 0.05) is 23.4 Å². The zero-order valence-electron chi connectivity index (χ0n) is 14.4. The van der Waals surface area contributed by atoms with Crippen molar-refractivity contribution in [3.05, 3.63) is 71.8 Å². The molecule has 0 aliphatic carbocycles. The monoisotopic (exact) mass is 351 g/mol. The molecule has 2 aromatic heterocycles. The van der Waals surface area contributed by atoms with Crippen LogP contribution in [0.4, 0.5) is 4.39 Å². The summed E-state index contributed by atoms with van der Waals surface area (Å²) >= 11 is 0. The van der Waals surface area contributed by atoms with E-state index in [0.29, 0.717) is 17.1 Å². The summed E-state index contributed by atoms with van der Waals surface area (Å²) in [6, 6.07) is 11.5. The van der Waals surface area contributed by atoms with Crippen LogP contribution in [0.2, 0.25) is 0 Å². The SMILES string of the molecule is CC(C)c1nn(-c2ccccn2)c(-c2ccc(F)cc2)c1C=CC(=O)O. The second-order valence-corrected chi connectivity index (χ2v) is 6.08. The summed E-state index contributed by atoms with van der Waals surface area (Å²) in [5, 5.41) is 13.7. The maximum absolute atomic E-state index is 13.4. The molecule has 2 heterocycles. The van der Waals surface area contributed by atoms with Crippen molar-refractivity contribution in [2.75, 3.05) is 0 Å². The summed E-state index contributed by atoms with van der Waals surface area (Å²) in [5.41, 5.74) is 2.82. The van der Waals surface area contributed by atoms with Gasteiger partial charge in [0.15, 0.2) is 5.82 Å². The van der Waals surface area contributed by atoms with E-state index in [0.717, 1.165) is 17.3 Å². The van der Waals surface area contributed by atoms with E-state index in [1.54, 1.807) is 29.1 Å². The number of rotatable bonds is 5. The summed E-state index contributed by atoms with van der Waals surface area (Å²) in [6.45, 7) is 3.97. The van der Waals surface area contributed by atoms with Crippen molar-refractivity contribution in [2.24, 2.45) is 0 Å². The van der Waals surface area contributed by atoms with Gasteiger partial charge in [0.25, 0.3) is 0 Å². The van der Waals surface area contributed by atoms with Gasteiger partial charge in [-0.2, -0.15) is 5.10 Å². The molecule has 0 fully saturated rings. The Morgan fingerprint density at radius 3 is 2.50 bits per heavy atom. The third-order valence-corrected chi connectivity index (χ3v) is 3.87. The van der Waals surface area contributed by atoms with Crippen LogP contribution in [0.3, 0.4) is 0 Å². The van der Waals surface area contributed by atoms with Gasteiger partial charge in [0.05, 0.1) is 11.4 Å². The molecule has 1 aromatic carbocycles. The third-order valence-electron chi connectivity index (χ3n) is 3.87. The van der Waals surface area contributed by atoms with Gasteiger partial charge >= 0.3 is 5.97 Å². The van der Waals surface area contributed by atoms with Gasteiger partial charge in [-0.15, -0.1) is 0 Å². The highest BCUT2D eigenvalue weighted by atomic mass is 19.1. The topological polar surface area (TPSA) is 68.0 Å². The molecular formula is C20H18FN3O2. The number of benzene rings is 1. The molecule has 0 radical (unpaired) electrons. The first-order valence-corrected chi connectivity index (χ1v) is 8.18. The lowest BCUT2D eigenvalue weighted by molar-refractivity contribution is -0.131. The molecule has 0 saturated carbocycles. The summed E-state index contributed by atoms with van der Waals surface area (Å²) in [6.07, 6.45) is 4.27. The molecule has 0 bridgehead atoms. The predicted molar refractivity (Wildman–Crippen MR) is 97.5 cm³/mol. The van der Waals surface area contributed by atoms with Crippen LogP contribution in [0.25, 0.3) is 23.2 Å². The molecule has 6 heteroatoms. The Hall–Kier alpha value is -3.28. The molecule has 0 aliphatic heterocycles. The number of nitrogens with zero attached hydrogens (tertiary/aromatic N) is 3. The Balaban J connectivity index is 2.32. The summed E-state index contributed by atoms with van der Waals surface area (Å²) in [5.74, 6) is -0.726. The number of carboxylic acid groups (broad SMARTS) is 1. The van der Waals surface area contributed by atoms with Gasteiger partial charge in [0.2, 0.25) is 0 Å². The van der Waals surface area contributed by atoms with Crippen LogP contribution in [0.5, 0.6) is 0 Å². The zero-order chi connectivity index (χ0) is 18.7.